The maximum Gasteiger partial charge on any atom is 0.273 e. The van der Waals surface area contributed by atoms with Crippen LogP contribution >= 0.6 is 0 Å². The van der Waals surface area contributed by atoms with Gasteiger partial charge in [0.2, 0.25) is 5.91 Å². The minimum atomic E-state index is -0.764. The number of methoxy groups -OCH3 is 1. The standard InChI is InChI=1S/C12H13N3O4/c1-3-8(7-13)12(16)14-10-5-4-9(15(17)18)6-11(10)19-2/h4-6,8H,3H2,1-2H3,(H,14,16). The fraction of sp³-hybridized carbons (Fsp3) is 0.333. The van der Waals surface area contributed by atoms with Gasteiger partial charge in [-0.25, -0.2) is 0 Å². The Labute approximate surface area is 109 Å². The molecule has 0 aliphatic carbocycles. The number of nitrogens with one attached hydrogen (secondary N) is 1. The van der Waals surface area contributed by atoms with Gasteiger partial charge in [-0.1, -0.05) is 6.92 Å². The van der Waals surface area contributed by atoms with Gasteiger partial charge < -0.3 is 10.1 Å². The van der Waals surface area contributed by atoms with Crippen LogP contribution in [0.15, 0.2) is 18.2 Å². The Kier molecular flexibility index (Phi) is 4.83. The molecule has 7 nitrogen and oxygen atoms in total. The Hall–Kier alpha value is -2.62. The molecule has 1 aromatic rings. The number of amides is 1. The highest BCUT2D eigenvalue weighted by Gasteiger charge is 2.18. The third kappa shape index (κ3) is 3.42. The van der Waals surface area contributed by atoms with Crippen LogP contribution in [0.4, 0.5) is 11.4 Å². The van der Waals surface area contributed by atoms with Gasteiger partial charge in [0.25, 0.3) is 5.69 Å². The highest BCUT2D eigenvalue weighted by atomic mass is 16.6. The molecule has 1 N–H and O–H groups in total. The number of nitrogens with zero attached hydrogens (tertiary/aromatic N) is 2. The lowest BCUT2D eigenvalue weighted by Gasteiger charge is -2.11. The van der Waals surface area contributed by atoms with E-state index in [-0.39, 0.29) is 11.4 Å². The number of nitro benzene ring substituents is 1. The lowest BCUT2D eigenvalue weighted by molar-refractivity contribution is -0.384. The zero-order valence-corrected chi connectivity index (χ0v) is 10.5. The summed E-state index contributed by atoms with van der Waals surface area (Å²) >= 11 is 0. The molecule has 1 unspecified atom stereocenters. The van der Waals surface area contributed by atoms with Crippen LogP contribution in [0.1, 0.15) is 13.3 Å². The molecule has 0 spiro atoms. The Morgan fingerprint density at radius 1 is 1.63 bits per heavy atom. The summed E-state index contributed by atoms with van der Waals surface area (Å²) in [7, 11) is 1.34. The number of nitro groups is 1. The number of carbonyl (C=O) groups excluding carboxylic acids is 1. The molecule has 1 amide bonds. The molecule has 100 valence electrons. The van der Waals surface area contributed by atoms with Gasteiger partial charge in [-0.2, -0.15) is 5.26 Å². The second-order valence-electron chi connectivity index (χ2n) is 3.72. The average molecular weight is 263 g/mol. The number of rotatable bonds is 5. The molecule has 0 aliphatic rings. The molecule has 1 atom stereocenters. The van der Waals surface area contributed by atoms with Crippen LogP contribution in [0.5, 0.6) is 5.75 Å². The van der Waals surface area contributed by atoms with E-state index >= 15 is 0 Å². The number of non-ortho nitro benzene ring substituents is 1. The summed E-state index contributed by atoms with van der Waals surface area (Å²) in [6.45, 7) is 1.72. The first-order chi connectivity index (χ1) is 9.03. The predicted octanol–water partition coefficient (Wildman–Crippen LogP) is 2.09. The molecule has 0 heterocycles. The summed E-state index contributed by atoms with van der Waals surface area (Å²) < 4.78 is 4.98. The molecule has 0 aromatic heterocycles. The van der Waals surface area contributed by atoms with Crippen molar-refractivity contribution in [3.63, 3.8) is 0 Å². The van der Waals surface area contributed by atoms with Gasteiger partial charge in [-0.15, -0.1) is 0 Å². The highest BCUT2D eigenvalue weighted by molar-refractivity contribution is 5.95. The number of ether oxygens (including phenoxy) is 1. The fourth-order valence-electron chi connectivity index (χ4n) is 1.45. The van der Waals surface area contributed by atoms with Gasteiger partial charge in [0.05, 0.1) is 29.9 Å². The van der Waals surface area contributed by atoms with Gasteiger partial charge in [0, 0.05) is 6.07 Å². The topological polar surface area (TPSA) is 105 Å². The van der Waals surface area contributed by atoms with E-state index in [0.29, 0.717) is 12.1 Å². The SMILES string of the molecule is CCC(C#N)C(=O)Nc1ccc([N+](=O)[O-])cc1OC. The fourth-order valence-corrected chi connectivity index (χ4v) is 1.45. The molecule has 0 saturated heterocycles. The maximum absolute atomic E-state index is 11.7. The minimum absolute atomic E-state index is 0.137. The second kappa shape index (κ2) is 6.35. The molecule has 0 saturated carbocycles. The molecule has 0 aliphatic heterocycles. The first-order valence-corrected chi connectivity index (χ1v) is 5.56. The number of nitriles is 1. The van der Waals surface area contributed by atoms with Crippen molar-refractivity contribution in [3.8, 4) is 11.8 Å². The molecular formula is C12H13N3O4. The normalized spacial score (nSPS) is 11.2. The Balaban J connectivity index is 2.99. The Bertz CT molecular complexity index is 536. The van der Waals surface area contributed by atoms with Crippen LogP contribution in [0.2, 0.25) is 0 Å². The summed E-state index contributed by atoms with van der Waals surface area (Å²) in [6, 6.07) is 5.72. The third-order valence-electron chi connectivity index (χ3n) is 2.53. The molecule has 7 heteroatoms. The summed E-state index contributed by atoms with van der Waals surface area (Å²) in [4.78, 5) is 21.8. The van der Waals surface area contributed by atoms with Crippen molar-refractivity contribution in [1.29, 1.82) is 5.26 Å². The molecule has 1 aromatic carbocycles. The zero-order chi connectivity index (χ0) is 14.4. The smallest absolute Gasteiger partial charge is 0.273 e. The largest absolute Gasteiger partial charge is 0.494 e. The van der Waals surface area contributed by atoms with E-state index in [9.17, 15) is 14.9 Å². The van der Waals surface area contributed by atoms with E-state index in [1.807, 2.05) is 6.07 Å². The van der Waals surface area contributed by atoms with E-state index in [1.165, 1.54) is 25.3 Å². The second-order valence-corrected chi connectivity index (χ2v) is 3.72. The van der Waals surface area contributed by atoms with Crippen molar-refractivity contribution in [2.45, 2.75) is 13.3 Å². The van der Waals surface area contributed by atoms with E-state index < -0.39 is 16.7 Å². The van der Waals surface area contributed by atoms with Crippen molar-refractivity contribution in [3.05, 3.63) is 28.3 Å². The number of benzene rings is 1. The monoisotopic (exact) mass is 263 g/mol. The van der Waals surface area contributed by atoms with E-state index in [1.54, 1.807) is 6.92 Å². The van der Waals surface area contributed by atoms with Crippen LogP contribution < -0.4 is 10.1 Å². The summed E-state index contributed by atoms with van der Waals surface area (Å²) in [5, 5.41) is 21.9. The summed E-state index contributed by atoms with van der Waals surface area (Å²) in [5.41, 5.74) is 0.161. The number of hydrogen-bond donors (Lipinski definition) is 1. The van der Waals surface area contributed by atoms with Crippen molar-refractivity contribution >= 4 is 17.3 Å². The van der Waals surface area contributed by atoms with Crippen molar-refractivity contribution in [1.82, 2.24) is 0 Å². The highest BCUT2D eigenvalue weighted by Crippen LogP contribution is 2.29. The average Bonchev–Trinajstić information content (AvgIpc) is 2.40. The number of anilines is 1. The molecular weight excluding hydrogens is 250 g/mol. The van der Waals surface area contributed by atoms with Crippen molar-refractivity contribution < 1.29 is 14.5 Å². The van der Waals surface area contributed by atoms with E-state index in [2.05, 4.69) is 5.32 Å². The lowest BCUT2D eigenvalue weighted by Crippen LogP contribution is -2.21. The van der Waals surface area contributed by atoms with Gasteiger partial charge >= 0.3 is 0 Å². The van der Waals surface area contributed by atoms with Crippen LogP contribution in [-0.4, -0.2) is 17.9 Å². The maximum atomic E-state index is 11.7. The van der Waals surface area contributed by atoms with E-state index in [4.69, 9.17) is 10.00 Å². The van der Waals surface area contributed by atoms with Crippen molar-refractivity contribution in [2.75, 3.05) is 12.4 Å². The third-order valence-corrected chi connectivity index (χ3v) is 2.53. The molecule has 1 rings (SSSR count). The van der Waals surface area contributed by atoms with E-state index in [0.717, 1.165) is 0 Å². The Morgan fingerprint density at radius 2 is 2.32 bits per heavy atom. The minimum Gasteiger partial charge on any atom is -0.494 e. The summed E-state index contributed by atoms with van der Waals surface area (Å²) in [6.07, 6.45) is 0.387. The Morgan fingerprint density at radius 3 is 2.79 bits per heavy atom. The first kappa shape index (κ1) is 14.4. The summed E-state index contributed by atoms with van der Waals surface area (Å²) in [5.74, 6) is -1.05. The van der Waals surface area contributed by atoms with Gasteiger partial charge in [0.1, 0.15) is 11.7 Å². The van der Waals surface area contributed by atoms with Crippen LogP contribution in [0, 0.1) is 27.4 Å². The first-order valence-electron chi connectivity index (χ1n) is 5.56. The van der Waals surface area contributed by atoms with Gasteiger partial charge in [-0.05, 0) is 12.5 Å². The quantitative estimate of drug-likeness (QED) is 0.646. The zero-order valence-electron chi connectivity index (χ0n) is 10.5. The van der Waals surface area contributed by atoms with Crippen LogP contribution in [0.3, 0.4) is 0 Å². The molecule has 0 fully saturated rings. The van der Waals surface area contributed by atoms with Gasteiger partial charge in [0.15, 0.2) is 0 Å². The molecule has 0 radical (unpaired) electrons. The molecule has 19 heavy (non-hydrogen) atoms. The van der Waals surface area contributed by atoms with Crippen molar-refractivity contribution in [2.24, 2.45) is 5.92 Å². The predicted molar refractivity (Wildman–Crippen MR) is 67.7 cm³/mol. The van der Waals surface area contributed by atoms with Gasteiger partial charge in [-0.3, -0.25) is 14.9 Å². The molecule has 0 bridgehead atoms. The van der Waals surface area contributed by atoms with Crippen LogP contribution in [0.25, 0.3) is 0 Å². The number of carbonyl (C=O) groups is 1. The lowest BCUT2D eigenvalue weighted by atomic mass is 10.1. The number of hydrogen-bond acceptors (Lipinski definition) is 5. The van der Waals surface area contributed by atoms with Crippen LogP contribution in [-0.2, 0) is 4.79 Å².